The molecule has 6 nitrogen and oxygen atoms in total. The smallest absolute Gasteiger partial charge is 0.239 e. The van der Waals surface area contributed by atoms with Gasteiger partial charge in [0.15, 0.2) is 0 Å². The van der Waals surface area contributed by atoms with Crippen LogP contribution in [0.25, 0.3) is 0 Å². The highest BCUT2D eigenvalue weighted by Crippen LogP contribution is 2.25. The molecule has 0 aliphatic heterocycles. The van der Waals surface area contributed by atoms with Crippen molar-refractivity contribution in [3.8, 4) is 0 Å². The minimum absolute atomic E-state index is 0.307. The first-order valence-corrected chi connectivity index (χ1v) is 6.14. The molecule has 1 rings (SSSR count). The number of hydrogen-bond acceptors (Lipinski definition) is 6. The van der Waals surface area contributed by atoms with Crippen LogP contribution < -0.4 is 16.2 Å². The van der Waals surface area contributed by atoms with Crippen LogP contribution in [0, 0.1) is 0 Å². The Hall–Kier alpha value is -0.920. The SMILES string of the molecule is COCCN(c1nc(NN)ncc1Br)C(C)C. The topological polar surface area (TPSA) is 76.3 Å². The molecular weight excluding hydrogens is 286 g/mol. The number of methoxy groups -OCH3 is 1. The van der Waals surface area contributed by atoms with E-state index in [0.29, 0.717) is 18.6 Å². The molecule has 1 aromatic heterocycles. The van der Waals surface area contributed by atoms with E-state index in [2.05, 4.69) is 50.1 Å². The minimum atomic E-state index is 0.307. The summed E-state index contributed by atoms with van der Waals surface area (Å²) in [7, 11) is 1.68. The number of nitrogens with zero attached hydrogens (tertiary/aromatic N) is 3. The highest BCUT2D eigenvalue weighted by molar-refractivity contribution is 9.10. The standard InChI is InChI=1S/C10H18BrN5O/c1-7(2)16(4-5-17-3)9-8(11)6-13-10(14-9)15-12/h6-7H,4-5,12H2,1-3H3,(H,13,14,15). The van der Waals surface area contributed by atoms with E-state index in [0.717, 1.165) is 16.8 Å². The van der Waals surface area contributed by atoms with Crippen molar-refractivity contribution in [1.29, 1.82) is 0 Å². The molecular formula is C10H18BrN5O. The maximum absolute atomic E-state index is 5.31. The summed E-state index contributed by atoms with van der Waals surface area (Å²) in [5, 5.41) is 0. The number of nitrogens with one attached hydrogen (secondary N) is 1. The van der Waals surface area contributed by atoms with E-state index in [9.17, 15) is 0 Å². The maximum atomic E-state index is 5.31. The highest BCUT2D eigenvalue weighted by Gasteiger charge is 2.16. The summed E-state index contributed by atoms with van der Waals surface area (Å²) >= 11 is 3.44. The average Bonchev–Trinajstić information content (AvgIpc) is 2.31. The van der Waals surface area contributed by atoms with Crippen LogP contribution in [0.2, 0.25) is 0 Å². The summed E-state index contributed by atoms with van der Waals surface area (Å²) in [6.07, 6.45) is 1.68. The molecule has 0 saturated heterocycles. The number of anilines is 2. The maximum Gasteiger partial charge on any atom is 0.239 e. The third-order valence-corrected chi connectivity index (χ3v) is 2.85. The van der Waals surface area contributed by atoms with Crippen LogP contribution in [-0.4, -0.2) is 36.3 Å². The Morgan fingerprint density at radius 1 is 1.59 bits per heavy atom. The predicted octanol–water partition coefficient (Wildman–Crippen LogP) is 1.39. The van der Waals surface area contributed by atoms with E-state index in [1.54, 1.807) is 13.3 Å². The normalized spacial score (nSPS) is 10.7. The van der Waals surface area contributed by atoms with Crippen molar-refractivity contribution in [3.05, 3.63) is 10.7 Å². The second kappa shape index (κ2) is 6.73. The molecule has 3 N–H and O–H groups in total. The molecule has 1 heterocycles. The van der Waals surface area contributed by atoms with Crippen molar-refractivity contribution >= 4 is 27.7 Å². The number of rotatable bonds is 6. The molecule has 0 atom stereocenters. The van der Waals surface area contributed by atoms with Crippen LogP contribution in [0.3, 0.4) is 0 Å². The number of hydrazine groups is 1. The quantitative estimate of drug-likeness (QED) is 0.611. The molecule has 96 valence electrons. The zero-order valence-corrected chi connectivity index (χ0v) is 11.9. The molecule has 7 heteroatoms. The molecule has 0 saturated carbocycles. The van der Waals surface area contributed by atoms with E-state index in [4.69, 9.17) is 10.6 Å². The molecule has 17 heavy (non-hydrogen) atoms. The third-order valence-electron chi connectivity index (χ3n) is 2.29. The van der Waals surface area contributed by atoms with Gasteiger partial charge in [0, 0.05) is 25.9 Å². The average molecular weight is 304 g/mol. The molecule has 0 amide bonds. The minimum Gasteiger partial charge on any atom is -0.383 e. The Kier molecular flexibility index (Phi) is 5.60. The van der Waals surface area contributed by atoms with E-state index in [-0.39, 0.29) is 0 Å². The van der Waals surface area contributed by atoms with Gasteiger partial charge in [-0.1, -0.05) is 0 Å². The van der Waals surface area contributed by atoms with Crippen LogP contribution in [0.15, 0.2) is 10.7 Å². The fourth-order valence-electron chi connectivity index (χ4n) is 1.43. The number of ether oxygens (including phenoxy) is 1. The Balaban J connectivity index is 2.99. The van der Waals surface area contributed by atoms with Gasteiger partial charge < -0.3 is 9.64 Å². The molecule has 0 aliphatic rings. The Morgan fingerprint density at radius 3 is 2.82 bits per heavy atom. The molecule has 0 bridgehead atoms. The van der Waals surface area contributed by atoms with Gasteiger partial charge in [-0.25, -0.2) is 10.8 Å². The molecule has 0 radical (unpaired) electrons. The van der Waals surface area contributed by atoms with Crippen LogP contribution in [0.4, 0.5) is 11.8 Å². The lowest BCUT2D eigenvalue weighted by Gasteiger charge is -2.28. The van der Waals surface area contributed by atoms with Gasteiger partial charge in [0.25, 0.3) is 0 Å². The number of hydrogen-bond donors (Lipinski definition) is 2. The lowest BCUT2D eigenvalue weighted by Crippen LogP contribution is -2.35. The third kappa shape index (κ3) is 3.79. The number of nitrogens with two attached hydrogens (primary N) is 1. The monoisotopic (exact) mass is 303 g/mol. The largest absolute Gasteiger partial charge is 0.383 e. The summed E-state index contributed by atoms with van der Waals surface area (Å²) in [6.45, 7) is 5.59. The zero-order valence-electron chi connectivity index (χ0n) is 10.3. The summed E-state index contributed by atoms with van der Waals surface area (Å²) in [6, 6.07) is 0.307. The van der Waals surface area contributed by atoms with Gasteiger partial charge in [0.05, 0.1) is 11.1 Å². The molecule has 1 aromatic rings. The Morgan fingerprint density at radius 2 is 2.29 bits per heavy atom. The number of nitrogen functional groups attached to an aromatic ring is 1. The van der Waals surface area contributed by atoms with Gasteiger partial charge in [-0.3, -0.25) is 5.43 Å². The summed E-state index contributed by atoms with van der Waals surface area (Å²) in [5.41, 5.74) is 2.44. The van der Waals surface area contributed by atoms with Crippen molar-refractivity contribution in [3.63, 3.8) is 0 Å². The first-order chi connectivity index (χ1) is 8.10. The van der Waals surface area contributed by atoms with Gasteiger partial charge in [-0.15, -0.1) is 0 Å². The van der Waals surface area contributed by atoms with Crippen LogP contribution in [0.1, 0.15) is 13.8 Å². The second-order valence-corrected chi connectivity index (χ2v) is 4.64. The second-order valence-electron chi connectivity index (χ2n) is 3.79. The molecule has 0 aliphatic carbocycles. The van der Waals surface area contributed by atoms with Gasteiger partial charge in [-0.2, -0.15) is 4.98 Å². The Bertz CT molecular complexity index is 361. The van der Waals surface area contributed by atoms with Crippen molar-refractivity contribution in [2.24, 2.45) is 5.84 Å². The van der Waals surface area contributed by atoms with E-state index in [1.807, 2.05) is 0 Å². The van der Waals surface area contributed by atoms with Crippen LogP contribution in [-0.2, 0) is 4.74 Å². The van der Waals surface area contributed by atoms with E-state index >= 15 is 0 Å². The zero-order chi connectivity index (χ0) is 12.8. The van der Waals surface area contributed by atoms with Crippen LogP contribution in [0.5, 0.6) is 0 Å². The molecule has 0 aromatic carbocycles. The van der Waals surface area contributed by atoms with E-state index in [1.165, 1.54) is 0 Å². The van der Waals surface area contributed by atoms with E-state index < -0.39 is 0 Å². The summed E-state index contributed by atoms with van der Waals surface area (Å²) < 4.78 is 5.93. The lowest BCUT2D eigenvalue weighted by atomic mass is 10.3. The highest BCUT2D eigenvalue weighted by atomic mass is 79.9. The fourth-order valence-corrected chi connectivity index (χ4v) is 1.85. The van der Waals surface area contributed by atoms with Gasteiger partial charge in [0.2, 0.25) is 5.95 Å². The van der Waals surface area contributed by atoms with Gasteiger partial charge in [-0.05, 0) is 29.8 Å². The first-order valence-electron chi connectivity index (χ1n) is 5.35. The first kappa shape index (κ1) is 14.1. The van der Waals surface area contributed by atoms with Crippen molar-refractivity contribution in [2.75, 3.05) is 30.6 Å². The molecule has 0 spiro atoms. The summed E-state index contributed by atoms with van der Waals surface area (Å²) in [4.78, 5) is 10.5. The van der Waals surface area contributed by atoms with Gasteiger partial charge in [0.1, 0.15) is 5.82 Å². The van der Waals surface area contributed by atoms with Crippen LogP contribution >= 0.6 is 15.9 Å². The number of halogens is 1. The fraction of sp³-hybridized carbons (Fsp3) is 0.600. The molecule has 0 fully saturated rings. The predicted molar refractivity (Wildman–Crippen MR) is 71.9 cm³/mol. The summed E-state index contributed by atoms with van der Waals surface area (Å²) in [5.74, 6) is 6.51. The molecule has 0 unspecified atom stereocenters. The van der Waals surface area contributed by atoms with Gasteiger partial charge >= 0.3 is 0 Å². The van der Waals surface area contributed by atoms with Crippen molar-refractivity contribution in [2.45, 2.75) is 19.9 Å². The van der Waals surface area contributed by atoms with Crippen molar-refractivity contribution in [1.82, 2.24) is 9.97 Å². The van der Waals surface area contributed by atoms with Crippen molar-refractivity contribution < 1.29 is 4.74 Å². The lowest BCUT2D eigenvalue weighted by molar-refractivity contribution is 0.203. The Labute approximate surface area is 110 Å². The number of aromatic nitrogens is 2.